The quantitative estimate of drug-likeness (QED) is 0.718. The molecule has 0 bridgehead atoms. The average molecular weight is 211 g/mol. The van der Waals surface area contributed by atoms with E-state index in [0.717, 1.165) is 4.90 Å². The van der Waals surface area contributed by atoms with Crippen molar-refractivity contribution in [3.8, 4) is 6.07 Å². The first kappa shape index (κ1) is 10.3. The van der Waals surface area contributed by atoms with Crippen molar-refractivity contribution < 1.29 is 4.21 Å². The fraction of sp³-hybridized carbons (Fsp3) is 0.222. The molecule has 2 nitrogen and oxygen atoms in total. The summed E-state index contributed by atoms with van der Waals surface area (Å²) in [5.74, 6) is 0. The third-order valence-corrected chi connectivity index (χ3v) is 3.85. The zero-order valence-electron chi connectivity index (χ0n) is 7.19. The van der Waals surface area contributed by atoms with Gasteiger partial charge in [-0.1, -0.05) is 12.1 Å². The molecular formula is C9H9NOS2. The molecule has 0 saturated carbocycles. The van der Waals surface area contributed by atoms with Crippen LogP contribution in [0.4, 0.5) is 0 Å². The summed E-state index contributed by atoms with van der Waals surface area (Å²) in [6.07, 6.45) is 1.65. The van der Waals surface area contributed by atoms with E-state index in [2.05, 4.69) is 6.07 Å². The van der Waals surface area contributed by atoms with Crippen LogP contribution in [-0.2, 0) is 10.8 Å². The summed E-state index contributed by atoms with van der Waals surface area (Å²) in [5, 5.41) is 9.28. The van der Waals surface area contributed by atoms with Gasteiger partial charge in [0, 0.05) is 22.0 Å². The number of thioether (sulfide) groups is 1. The van der Waals surface area contributed by atoms with E-state index in [0.29, 0.717) is 10.6 Å². The van der Waals surface area contributed by atoms with E-state index in [1.165, 1.54) is 11.8 Å². The Kier molecular flexibility index (Phi) is 4.00. The first-order valence-corrected chi connectivity index (χ1v) is 6.37. The number of rotatable bonds is 3. The molecule has 1 atom stereocenters. The molecule has 4 heteroatoms. The van der Waals surface area contributed by atoms with E-state index >= 15 is 0 Å². The van der Waals surface area contributed by atoms with Crippen LogP contribution < -0.4 is 0 Å². The third-order valence-electron chi connectivity index (χ3n) is 1.39. The lowest BCUT2D eigenvalue weighted by Crippen LogP contribution is -1.89. The molecule has 0 aromatic heterocycles. The Labute approximate surface area is 84.4 Å². The van der Waals surface area contributed by atoms with Gasteiger partial charge in [-0.25, -0.2) is 0 Å². The van der Waals surface area contributed by atoms with Crippen molar-refractivity contribution in [2.75, 3.05) is 11.3 Å². The van der Waals surface area contributed by atoms with Gasteiger partial charge in [0.1, 0.15) is 6.07 Å². The van der Waals surface area contributed by atoms with Gasteiger partial charge in [-0.3, -0.25) is 4.21 Å². The first-order valence-electron chi connectivity index (χ1n) is 3.66. The largest absolute Gasteiger partial charge is 0.259 e. The van der Waals surface area contributed by atoms with Gasteiger partial charge in [0.2, 0.25) is 0 Å². The molecule has 68 valence electrons. The van der Waals surface area contributed by atoms with Crippen LogP contribution in [0.3, 0.4) is 0 Å². The van der Waals surface area contributed by atoms with Crippen LogP contribution in [0.15, 0.2) is 29.2 Å². The molecule has 0 unspecified atom stereocenters. The van der Waals surface area contributed by atoms with Gasteiger partial charge < -0.3 is 0 Å². The fourth-order valence-corrected chi connectivity index (χ4v) is 2.45. The van der Waals surface area contributed by atoms with Crippen molar-refractivity contribution in [1.29, 1.82) is 5.26 Å². The molecule has 13 heavy (non-hydrogen) atoms. The highest BCUT2D eigenvalue weighted by atomic mass is 32.2. The molecule has 0 heterocycles. The monoisotopic (exact) mass is 211 g/mol. The van der Waals surface area contributed by atoms with Crippen molar-refractivity contribution in [1.82, 2.24) is 0 Å². The Morgan fingerprint density at radius 3 is 2.85 bits per heavy atom. The summed E-state index contributed by atoms with van der Waals surface area (Å²) < 4.78 is 10.8. The summed E-state index contributed by atoms with van der Waals surface area (Å²) in [6, 6.07) is 9.44. The second-order valence-corrected chi connectivity index (χ2v) is 5.26. The van der Waals surface area contributed by atoms with Crippen LogP contribution in [0.25, 0.3) is 0 Å². The Morgan fingerprint density at radius 2 is 2.23 bits per heavy atom. The highest BCUT2D eigenvalue weighted by Crippen LogP contribution is 2.21. The maximum Gasteiger partial charge on any atom is 0.100 e. The summed E-state index contributed by atoms with van der Waals surface area (Å²) >= 11 is 1.46. The van der Waals surface area contributed by atoms with Crippen LogP contribution in [0.5, 0.6) is 0 Å². The van der Waals surface area contributed by atoms with E-state index < -0.39 is 10.8 Å². The van der Waals surface area contributed by atoms with Gasteiger partial charge in [-0.15, -0.1) is 11.8 Å². The molecule has 0 aliphatic rings. The number of hydrogen-bond donors (Lipinski definition) is 0. The van der Waals surface area contributed by atoms with E-state index in [1.807, 2.05) is 18.2 Å². The Bertz CT molecular complexity index is 357. The molecular weight excluding hydrogens is 202 g/mol. The molecule has 1 aromatic carbocycles. The lowest BCUT2D eigenvalue weighted by atomic mass is 10.2. The smallest absolute Gasteiger partial charge is 0.100 e. The fourth-order valence-electron chi connectivity index (χ4n) is 0.831. The van der Waals surface area contributed by atoms with Crippen LogP contribution in [-0.4, -0.2) is 15.5 Å². The number of benzene rings is 1. The number of hydrogen-bond acceptors (Lipinski definition) is 3. The van der Waals surface area contributed by atoms with Crippen LogP contribution >= 0.6 is 11.8 Å². The molecule has 0 amide bonds. The van der Waals surface area contributed by atoms with Crippen molar-refractivity contribution in [3.05, 3.63) is 29.8 Å². The molecule has 0 radical (unpaired) electrons. The molecule has 0 N–H and O–H groups in total. The van der Waals surface area contributed by atoms with Gasteiger partial charge in [-0.05, 0) is 12.1 Å². The number of nitrogens with zero attached hydrogens (tertiary/aromatic N) is 1. The summed E-state index contributed by atoms with van der Waals surface area (Å²) in [7, 11) is -0.823. The first-order chi connectivity index (χ1) is 6.24. The van der Waals surface area contributed by atoms with E-state index in [1.54, 1.807) is 12.3 Å². The summed E-state index contributed by atoms with van der Waals surface area (Å²) in [6.45, 7) is 0. The van der Waals surface area contributed by atoms with Crippen LogP contribution in [0.2, 0.25) is 0 Å². The average Bonchev–Trinajstić information content (AvgIpc) is 2.15. The standard InChI is InChI=1S/C9H9NOS2/c1-13(11)7-12-9-5-3-2-4-8(9)6-10/h2-5H,7H2,1H3/t13-/m1/s1. The predicted molar refractivity (Wildman–Crippen MR) is 55.9 cm³/mol. The normalized spacial score (nSPS) is 12.0. The molecule has 1 rings (SSSR count). The Morgan fingerprint density at radius 1 is 1.54 bits per heavy atom. The Hall–Kier alpha value is -0.790. The number of nitriles is 1. The molecule has 0 aliphatic carbocycles. The zero-order valence-corrected chi connectivity index (χ0v) is 8.82. The van der Waals surface area contributed by atoms with Gasteiger partial charge in [0.25, 0.3) is 0 Å². The maximum atomic E-state index is 10.8. The highest BCUT2D eigenvalue weighted by Gasteiger charge is 2.01. The van der Waals surface area contributed by atoms with Crippen LogP contribution in [0, 0.1) is 11.3 Å². The van der Waals surface area contributed by atoms with E-state index in [9.17, 15) is 4.21 Å². The molecule has 0 fully saturated rings. The predicted octanol–water partition coefficient (Wildman–Crippen LogP) is 1.99. The van der Waals surface area contributed by atoms with E-state index in [4.69, 9.17) is 5.26 Å². The highest BCUT2D eigenvalue weighted by molar-refractivity contribution is 8.10. The minimum absolute atomic E-state index is 0.540. The second-order valence-electron chi connectivity index (χ2n) is 2.44. The minimum Gasteiger partial charge on any atom is -0.259 e. The van der Waals surface area contributed by atoms with Crippen molar-refractivity contribution in [2.45, 2.75) is 4.90 Å². The molecule has 0 aliphatic heterocycles. The summed E-state index contributed by atoms with van der Waals surface area (Å²) in [5.41, 5.74) is 0.651. The molecule has 1 aromatic rings. The Balaban J connectivity index is 2.77. The minimum atomic E-state index is -0.823. The summed E-state index contributed by atoms with van der Waals surface area (Å²) in [4.78, 5) is 0.903. The van der Waals surface area contributed by atoms with Gasteiger partial charge >= 0.3 is 0 Å². The van der Waals surface area contributed by atoms with Crippen molar-refractivity contribution in [3.63, 3.8) is 0 Å². The van der Waals surface area contributed by atoms with Gasteiger partial charge in [0.15, 0.2) is 0 Å². The zero-order chi connectivity index (χ0) is 9.68. The van der Waals surface area contributed by atoms with Gasteiger partial charge in [0.05, 0.1) is 10.6 Å². The lowest BCUT2D eigenvalue weighted by molar-refractivity contribution is 0.689. The van der Waals surface area contributed by atoms with Gasteiger partial charge in [-0.2, -0.15) is 5.26 Å². The molecule has 0 spiro atoms. The van der Waals surface area contributed by atoms with Crippen molar-refractivity contribution >= 4 is 22.6 Å². The lowest BCUT2D eigenvalue weighted by Gasteiger charge is -2.00. The third kappa shape index (κ3) is 3.21. The van der Waals surface area contributed by atoms with E-state index in [-0.39, 0.29) is 0 Å². The van der Waals surface area contributed by atoms with Crippen molar-refractivity contribution in [2.24, 2.45) is 0 Å². The maximum absolute atomic E-state index is 10.8. The SMILES string of the molecule is C[S@@](=O)CSc1ccccc1C#N. The second kappa shape index (κ2) is 5.05. The van der Waals surface area contributed by atoms with Crippen LogP contribution in [0.1, 0.15) is 5.56 Å². The topological polar surface area (TPSA) is 40.9 Å². The molecule has 0 saturated heterocycles.